The van der Waals surface area contributed by atoms with Crippen LogP contribution in [0, 0.1) is 0 Å². The number of imidazole rings is 1. The third-order valence-corrected chi connectivity index (χ3v) is 6.17. The van der Waals surface area contributed by atoms with E-state index in [1.807, 2.05) is 48.5 Å². The van der Waals surface area contributed by atoms with E-state index in [0.717, 1.165) is 5.56 Å². The van der Waals surface area contributed by atoms with E-state index in [2.05, 4.69) is 20.6 Å². The number of anilines is 1. The van der Waals surface area contributed by atoms with Gasteiger partial charge in [-0.3, -0.25) is 9.59 Å². The van der Waals surface area contributed by atoms with Crippen molar-refractivity contribution >= 4 is 40.2 Å². The first-order chi connectivity index (χ1) is 17.1. The SMILES string of the molecule is O=C1Nc2ccc(C(=O)N[C@H](CO)c3ccccc3)cc2/C1=C(/c1ncc[nH]1)c1ccccc1Cl. The van der Waals surface area contributed by atoms with Crippen molar-refractivity contribution in [1.29, 1.82) is 0 Å². The van der Waals surface area contributed by atoms with E-state index >= 15 is 0 Å². The lowest BCUT2D eigenvalue weighted by atomic mass is 9.93. The van der Waals surface area contributed by atoms with Crippen LogP contribution in [0.15, 0.2) is 85.2 Å². The Morgan fingerprint density at radius 1 is 1.06 bits per heavy atom. The van der Waals surface area contributed by atoms with Crippen molar-refractivity contribution in [2.75, 3.05) is 11.9 Å². The molecule has 35 heavy (non-hydrogen) atoms. The summed E-state index contributed by atoms with van der Waals surface area (Å²) in [6.07, 6.45) is 3.27. The van der Waals surface area contributed by atoms with E-state index in [4.69, 9.17) is 11.6 Å². The van der Waals surface area contributed by atoms with Crippen LogP contribution in [0.2, 0.25) is 5.02 Å². The summed E-state index contributed by atoms with van der Waals surface area (Å²) in [5.74, 6) is -0.205. The Morgan fingerprint density at radius 2 is 1.83 bits per heavy atom. The van der Waals surface area contributed by atoms with Crippen LogP contribution in [0.25, 0.3) is 11.1 Å². The summed E-state index contributed by atoms with van der Waals surface area (Å²) in [6.45, 7) is -0.249. The molecule has 0 fully saturated rings. The molecule has 1 atom stereocenters. The molecule has 0 aliphatic carbocycles. The molecule has 7 nitrogen and oxygen atoms in total. The van der Waals surface area contributed by atoms with Gasteiger partial charge in [0.1, 0.15) is 5.82 Å². The summed E-state index contributed by atoms with van der Waals surface area (Å²) in [4.78, 5) is 33.7. The fourth-order valence-electron chi connectivity index (χ4n) is 4.16. The van der Waals surface area contributed by atoms with Gasteiger partial charge in [-0.2, -0.15) is 0 Å². The minimum absolute atomic E-state index is 0.249. The van der Waals surface area contributed by atoms with Gasteiger partial charge in [0.15, 0.2) is 0 Å². The first-order valence-corrected chi connectivity index (χ1v) is 11.4. The Morgan fingerprint density at radius 3 is 2.54 bits per heavy atom. The number of aromatic amines is 1. The second-order valence-electron chi connectivity index (χ2n) is 8.00. The molecule has 1 aromatic heterocycles. The highest BCUT2D eigenvalue weighted by atomic mass is 35.5. The lowest BCUT2D eigenvalue weighted by Crippen LogP contribution is -2.30. The molecule has 2 amide bonds. The van der Waals surface area contributed by atoms with E-state index in [9.17, 15) is 14.7 Å². The Balaban J connectivity index is 1.59. The first kappa shape index (κ1) is 22.6. The third-order valence-electron chi connectivity index (χ3n) is 5.84. The molecule has 0 spiro atoms. The second-order valence-corrected chi connectivity index (χ2v) is 8.41. The van der Waals surface area contributed by atoms with Gasteiger partial charge in [0.25, 0.3) is 11.8 Å². The van der Waals surface area contributed by atoms with Crippen LogP contribution in [0.5, 0.6) is 0 Å². The number of halogens is 1. The number of benzene rings is 3. The molecule has 4 aromatic rings. The fourth-order valence-corrected chi connectivity index (χ4v) is 4.39. The Bertz CT molecular complexity index is 1430. The molecule has 0 saturated carbocycles. The number of carbonyl (C=O) groups excluding carboxylic acids is 2. The molecule has 0 bridgehead atoms. The van der Waals surface area contributed by atoms with Gasteiger partial charge >= 0.3 is 0 Å². The molecule has 8 heteroatoms. The van der Waals surface area contributed by atoms with Gasteiger partial charge in [-0.25, -0.2) is 4.98 Å². The number of aromatic nitrogens is 2. The van der Waals surface area contributed by atoms with Gasteiger partial charge in [0.05, 0.1) is 18.2 Å². The highest BCUT2D eigenvalue weighted by molar-refractivity contribution is 6.40. The minimum Gasteiger partial charge on any atom is -0.394 e. The molecule has 3 aromatic carbocycles. The smallest absolute Gasteiger partial charge is 0.257 e. The average Bonchev–Trinajstić information content (AvgIpc) is 3.52. The van der Waals surface area contributed by atoms with Crippen LogP contribution in [0.4, 0.5) is 5.69 Å². The number of hydrogen-bond acceptors (Lipinski definition) is 4. The quantitative estimate of drug-likeness (QED) is 0.303. The van der Waals surface area contributed by atoms with Crippen molar-refractivity contribution in [3.63, 3.8) is 0 Å². The largest absolute Gasteiger partial charge is 0.394 e. The van der Waals surface area contributed by atoms with Crippen molar-refractivity contribution in [3.05, 3.63) is 118 Å². The van der Waals surface area contributed by atoms with Crippen molar-refractivity contribution in [2.24, 2.45) is 0 Å². The number of hydrogen-bond donors (Lipinski definition) is 4. The number of rotatable bonds is 6. The maximum atomic E-state index is 13.2. The van der Waals surface area contributed by atoms with Crippen LogP contribution in [-0.4, -0.2) is 33.5 Å². The monoisotopic (exact) mass is 484 g/mol. The highest BCUT2D eigenvalue weighted by Crippen LogP contribution is 2.41. The van der Waals surface area contributed by atoms with Crippen molar-refractivity contribution in [1.82, 2.24) is 15.3 Å². The van der Waals surface area contributed by atoms with Crippen molar-refractivity contribution in [2.45, 2.75) is 6.04 Å². The van der Waals surface area contributed by atoms with Crippen molar-refractivity contribution in [3.8, 4) is 0 Å². The zero-order valence-corrected chi connectivity index (χ0v) is 19.2. The normalized spacial score (nSPS) is 14.7. The summed E-state index contributed by atoms with van der Waals surface area (Å²) < 4.78 is 0. The molecule has 4 N–H and O–H groups in total. The number of nitrogens with zero attached hydrogens (tertiary/aromatic N) is 1. The van der Waals surface area contributed by atoms with Crippen LogP contribution < -0.4 is 10.6 Å². The minimum atomic E-state index is -0.562. The predicted octanol–water partition coefficient (Wildman–Crippen LogP) is 4.44. The summed E-state index contributed by atoms with van der Waals surface area (Å²) in [7, 11) is 0. The predicted molar refractivity (Wildman–Crippen MR) is 135 cm³/mol. The van der Waals surface area contributed by atoms with Gasteiger partial charge < -0.3 is 20.7 Å². The van der Waals surface area contributed by atoms with Crippen LogP contribution in [0.1, 0.15) is 38.9 Å². The average molecular weight is 485 g/mol. The molecular weight excluding hydrogens is 464 g/mol. The number of fused-ring (bicyclic) bond motifs is 1. The van der Waals surface area contributed by atoms with E-state index in [1.54, 1.807) is 36.7 Å². The molecular formula is C27H21ClN4O3. The Kier molecular flexibility index (Phi) is 6.18. The van der Waals surface area contributed by atoms with Gasteiger partial charge in [-0.05, 0) is 29.8 Å². The molecule has 174 valence electrons. The van der Waals surface area contributed by atoms with Crippen molar-refractivity contribution < 1.29 is 14.7 Å². The van der Waals surface area contributed by atoms with Gasteiger partial charge in [0.2, 0.25) is 0 Å². The third kappa shape index (κ3) is 4.35. The standard InChI is InChI=1S/C27H21ClN4O3/c28-20-9-5-4-8-18(20)23(25-29-12-13-30-25)24-19-14-17(10-11-21(19)31-27(24)35)26(34)32-22(15-33)16-6-2-1-3-7-16/h1-14,22,33H,15H2,(H,29,30)(H,31,35)(H,32,34)/b24-23-/t22-/m1/s1. The molecule has 0 radical (unpaired) electrons. The second kappa shape index (κ2) is 9.58. The highest BCUT2D eigenvalue weighted by Gasteiger charge is 2.31. The van der Waals surface area contributed by atoms with Gasteiger partial charge in [-0.15, -0.1) is 0 Å². The molecule has 1 aliphatic rings. The molecule has 0 saturated heterocycles. The van der Waals surface area contributed by atoms with Gasteiger partial charge in [-0.1, -0.05) is 60.1 Å². The molecule has 1 aliphatic heterocycles. The number of carbonyl (C=O) groups is 2. The van der Waals surface area contributed by atoms with E-state index in [0.29, 0.717) is 44.4 Å². The van der Waals surface area contributed by atoms with Crippen LogP contribution in [-0.2, 0) is 4.79 Å². The molecule has 5 rings (SSSR count). The Labute approximate surface area is 206 Å². The molecule has 0 unspecified atom stereocenters. The lowest BCUT2D eigenvalue weighted by molar-refractivity contribution is -0.110. The number of amides is 2. The van der Waals surface area contributed by atoms with E-state index in [1.165, 1.54) is 0 Å². The maximum Gasteiger partial charge on any atom is 0.257 e. The van der Waals surface area contributed by atoms with E-state index < -0.39 is 6.04 Å². The van der Waals surface area contributed by atoms with E-state index in [-0.39, 0.29) is 18.4 Å². The number of aliphatic hydroxyl groups is 1. The zero-order valence-electron chi connectivity index (χ0n) is 18.5. The Hall–Kier alpha value is -4.20. The summed E-state index contributed by atoms with van der Waals surface area (Å²) >= 11 is 6.51. The number of aliphatic hydroxyl groups excluding tert-OH is 1. The van der Waals surface area contributed by atoms with Crippen LogP contribution >= 0.6 is 11.6 Å². The molecule has 2 heterocycles. The first-order valence-electron chi connectivity index (χ1n) is 11.0. The fraction of sp³-hybridized carbons (Fsp3) is 0.0741. The summed E-state index contributed by atoms with van der Waals surface area (Å²) in [5.41, 5.74) is 3.83. The number of H-pyrrole nitrogens is 1. The summed E-state index contributed by atoms with van der Waals surface area (Å²) in [5, 5.41) is 16.0. The maximum absolute atomic E-state index is 13.2. The zero-order chi connectivity index (χ0) is 24.4. The lowest BCUT2D eigenvalue weighted by Gasteiger charge is -2.17. The summed E-state index contributed by atoms with van der Waals surface area (Å²) in [6, 6.07) is 20.9. The van der Waals surface area contributed by atoms with Gasteiger partial charge in [0, 0.05) is 45.4 Å². The van der Waals surface area contributed by atoms with Crippen LogP contribution in [0.3, 0.4) is 0 Å². The topological polar surface area (TPSA) is 107 Å². The number of nitrogens with one attached hydrogen (secondary N) is 3.